The maximum atomic E-state index is 11.7. The molecule has 4 nitrogen and oxygen atoms in total. The Balaban J connectivity index is 1.76. The molecule has 2 rings (SSSR count). The monoisotopic (exact) mass is 318 g/mol. The van der Waals surface area contributed by atoms with Crippen LogP contribution in [0.3, 0.4) is 0 Å². The average Bonchev–Trinajstić information content (AvgIpc) is 2.97. The molecular weight excluding hydrogens is 288 g/mol. The fraction of sp³-hybridized carbons (Fsp3) is 0.632. The summed E-state index contributed by atoms with van der Waals surface area (Å²) in [5.41, 5.74) is 2.13. The number of nitrogens with one attached hydrogen (secondary N) is 2. The lowest BCUT2D eigenvalue weighted by Crippen LogP contribution is -2.50. The van der Waals surface area contributed by atoms with Crippen LogP contribution in [0.25, 0.3) is 0 Å². The molecule has 0 saturated carbocycles. The Bertz CT molecular complexity index is 493. The lowest BCUT2D eigenvalue weighted by molar-refractivity contribution is -0.145. The third-order valence-corrected chi connectivity index (χ3v) is 5.11. The second-order valence-corrected chi connectivity index (χ2v) is 6.67. The number of likely N-dealkylation sites (N-methyl/N-ethyl adjacent to an activating group) is 1. The second kappa shape index (κ2) is 8.46. The smallest absolute Gasteiger partial charge is 0.323 e. The Morgan fingerprint density at radius 2 is 1.83 bits per heavy atom. The largest absolute Gasteiger partial charge is 0.480 e. The fourth-order valence-electron chi connectivity index (χ4n) is 3.57. The molecule has 0 saturated heterocycles. The topological polar surface area (TPSA) is 61.4 Å². The number of carboxylic acids is 1. The summed E-state index contributed by atoms with van der Waals surface area (Å²) >= 11 is 0. The lowest BCUT2D eigenvalue weighted by Gasteiger charge is -2.29. The van der Waals surface area contributed by atoms with Crippen LogP contribution in [0.4, 0.5) is 0 Å². The minimum atomic E-state index is -0.768. The summed E-state index contributed by atoms with van der Waals surface area (Å²) in [5.74, 6) is -0.721. The van der Waals surface area contributed by atoms with Gasteiger partial charge in [-0.15, -0.1) is 0 Å². The summed E-state index contributed by atoms with van der Waals surface area (Å²) in [7, 11) is 1.77. The Kier molecular flexibility index (Phi) is 6.60. The molecular formula is C19H30N2O2. The number of hydrogen-bond acceptors (Lipinski definition) is 3. The maximum absolute atomic E-state index is 11.7. The van der Waals surface area contributed by atoms with E-state index in [2.05, 4.69) is 41.8 Å². The van der Waals surface area contributed by atoms with Gasteiger partial charge in [-0.2, -0.15) is 0 Å². The predicted molar refractivity (Wildman–Crippen MR) is 93.8 cm³/mol. The maximum Gasteiger partial charge on any atom is 0.323 e. The Morgan fingerprint density at radius 1 is 1.22 bits per heavy atom. The van der Waals surface area contributed by atoms with Gasteiger partial charge in [0.1, 0.15) is 5.54 Å². The highest BCUT2D eigenvalue weighted by Gasteiger charge is 2.35. The van der Waals surface area contributed by atoms with E-state index in [1.807, 2.05) is 0 Å². The molecule has 1 unspecified atom stereocenters. The highest BCUT2D eigenvalue weighted by atomic mass is 16.4. The van der Waals surface area contributed by atoms with Gasteiger partial charge in [0, 0.05) is 6.04 Å². The molecule has 0 radical (unpaired) electrons. The molecule has 1 aromatic rings. The molecule has 0 aliphatic heterocycles. The van der Waals surface area contributed by atoms with Crippen molar-refractivity contribution in [3.05, 3.63) is 35.4 Å². The van der Waals surface area contributed by atoms with Crippen molar-refractivity contribution in [1.29, 1.82) is 0 Å². The summed E-state index contributed by atoms with van der Waals surface area (Å²) < 4.78 is 0. The fourth-order valence-corrected chi connectivity index (χ4v) is 3.57. The van der Waals surface area contributed by atoms with Crippen LogP contribution in [0.1, 0.15) is 50.2 Å². The van der Waals surface area contributed by atoms with Crippen LogP contribution in [0.2, 0.25) is 0 Å². The summed E-state index contributed by atoms with van der Waals surface area (Å²) in [4.78, 5) is 11.7. The van der Waals surface area contributed by atoms with E-state index in [4.69, 9.17) is 0 Å². The van der Waals surface area contributed by atoms with E-state index in [9.17, 15) is 9.90 Å². The molecule has 3 N–H and O–H groups in total. The highest BCUT2D eigenvalue weighted by Crippen LogP contribution is 2.23. The zero-order valence-electron chi connectivity index (χ0n) is 14.4. The Morgan fingerprint density at radius 3 is 2.35 bits per heavy atom. The average molecular weight is 318 g/mol. The van der Waals surface area contributed by atoms with E-state index in [1.54, 1.807) is 7.05 Å². The van der Waals surface area contributed by atoms with Crippen LogP contribution in [-0.4, -0.2) is 36.2 Å². The minimum absolute atomic E-state index is 0.497. The van der Waals surface area contributed by atoms with Crippen molar-refractivity contribution in [2.75, 3.05) is 13.6 Å². The van der Waals surface area contributed by atoms with Crippen LogP contribution < -0.4 is 10.6 Å². The molecule has 0 aromatic heterocycles. The van der Waals surface area contributed by atoms with E-state index in [0.29, 0.717) is 18.9 Å². The van der Waals surface area contributed by atoms with E-state index in [0.717, 1.165) is 38.6 Å². The second-order valence-electron chi connectivity index (χ2n) is 6.67. The predicted octanol–water partition coefficient (Wildman–Crippen LogP) is 2.76. The van der Waals surface area contributed by atoms with Crippen LogP contribution in [0.15, 0.2) is 24.3 Å². The molecule has 4 heteroatoms. The van der Waals surface area contributed by atoms with Gasteiger partial charge < -0.3 is 15.7 Å². The van der Waals surface area contributed by atoms with E-state index in [-0.39, 0.29) is 0 Å². The first-order valence-corrected chi connectivity index (χ1v) is 8.84. The third-order valence-electron chi connectivity index (χ3n) is 5.11. The van der Waals surface area contributed by atoms with Gasteiger partial charge in [-0.25, -0.2) is 0 Å². The third kappa shape index (κ3) is 4.55. The zero-order chi connectivity index (χ0) is 16.7. The summed E-state index contributed by atoms with van der Waals surface area (Å²) in [6, 6.07) is 9.11. The quantitative estimate of drug-likeness (QED) is 0.581. The first kappa shape index (κ1) is 18.0. The van der Waals surface area contributed by atoms with Gasteiger partial charge in [0.05, 0.1) is 0 Å². The Hall–Kier alpha value is -1.39. The van der Waals surface area contributed by atoms with Gasteiger partial charge in [-0.1, -0.05) is 44.0 Å². The van der Waals surface area contributed by atoms with E-state index >= 15 is 0 Å². The van der Waals surface area contributed by atoms with Gasteiger partial charge in [0.2, 0.25) is 0 Å². The summed E-state index contributed by atoms with van der Waals surface area (Å²) in [5, 5.41) is 16.3. The number of unbranched alkanes of at least 4 members (excludes halogenated alkanes) is 1. The molecule has 1 atom stereocenters. The van der Waals surface area contributed by atoms with Crippen molar-refractivity contribution in [3.8, 4) is 0 Å². The molecule has 0 bridgehead atoms. The molecule has 23 heavy (non-hydrogen) atoms. The highest BCUT2D eigenvalue weighted by molar-refractivity contribution is 5.78. The lowest BCUT2D eigenvalue weighted by atomic mass is 9.88. The van der Waals surface area contributed by atoms with Crippen LogP contribution in [0, 0.1) is 0 Å². The molecule has 1 aliphatic rings. The number of aliphatic carboxylic acids is 1. The van der Waals surface area contributed by atoms with Gasteiger partial charge in [0.25, 0.3) is 0 Å². The van der Waals surface area contributed by atoms with Crippen LogP contribution in [-0.2, 0) is 17.6 Å². The number of carbonyl (C=O) groups is 1. The SMILES string of the molecule is CCCCC(CCCNC1Cc2ccccc2C1)(NC)C(=O)O. The molecule has 0 fully saturated rings. The van der Waals surface area contributed by atoms with Crippen molar-refractivity contribution in [2.45, 2.75) is 63.5 Å². The van der Waals surface area contributed by atoms with Crippen molar-refractivity contribution >= 4 is 5.97 Å². The normalized spacial score (nSPS) is 17.0. The van der Waals surface area contributed by atoms with Crippen molar-refractivity contribution in [3.63, 3.8) is 0 Å². The standard InChI is InChI=1S/C19H30N2O2/c1-3-4-10-19(20-2,18(22)23)11-7-12-21-17-13-15-8-5-6-9-16(15)14-17/h5-6,8-9,17,20-21H,3-4,7,10-14H2,1-2H3,(H,22,23). The molecule has 0 spiro atoms. The minimum Gasteiger partial charge on any atom is -0.480 e. The molecule has 1 aromatic carbocycles. The number of hydrogen-bond donors (Lipinski definition) is 3. The summed E-state index contributed by atoms with van der Waals surface area (Å²) in [6.07, 6.45) is 6.39. The van der Waals surface area contributed by atoms with Gasteiger partial charge in [-0.3, -0.25) is 4.79 Å². The number of benzene rings is 1. The van der Waals surface area contributed by atoms with Gasteiger partial charge >= 0.3 is 5.97 Å². The van der Waals surface area contributed by atoms with Crippen molar-refractivity contribution in [1.82, 2.24) is 10.6 Å². The molecule has 1 aliphatic carbocycles. The van der Waals surface area contributed by atoms with E-state index in [1.165, 1.54) is 11.1 Å². The van der Waals surface area contributed by atoms with Crippen molar-refractivity contribution in [2.24, 2.45) is 0 Å². The zero-order valence-corrected chi connectivity index (χ0v) is 14.4. The Labute approximate surface area is 139 Å². The van der Waals surface area contributed by atoms with Gasteiger partial charge in [0.15, 0.2) is 0 Å². The first-order valence-electron chi connectivity index (χ1n) is 8.84. The molecule has 128 valence electrons. The van der Waals surface area contributed by atoms with Crippen LogP contribution >= 0.6 is 0 Å². The van der Waals surface area contributed by atoms with Gasteiger partial charge in [-0.05, 0) is 56.8 Å². The number of fused-ring (bicyclic) bond motifs is 1. The van der Waals surface area contributed by atoms with E-state index < -0.39 is 11.5 Å². The van der Waals surface area contributed by atoms with Crippen LogP contribution in [0.5, 0.6) is 0 Å². The molecule has 0 amide bonds. The van der Waals surface area contributed by atoms with Crippen molar-refractivity contribution < 1.29 is 9.90 Å². The number of carboxylic acid groups (broad SMARTS) is 1. The number of rotatable bonds is 10. The first-order chi connectivity index (χ1) is 11.1. The summed E-state index contributed by atoms with van der Waals surface area (Å²) in [6.45, 7) is 2.98. The molecule has 0 heterocycles.